The van der Waals surface area contributed by atoms with Gasteiger partial charge in [0.15, 0.2) is 0 Å². The predicted molar refractivity (Wildman–Crippen MR) is 70.7 cm³/mol. The fourth-order valence-electron chi connectivity index (χ4n) is 2.40. The smallest absolute Gasteiger partial charge is 0.0406 e. The van der Waals surface area contributed by atoms with E-state index >= 15 is 0 Å². The van der Waals surface area contributed by atoms with Gasteiger partial charge >= 0.3 is 0 Å². The van der Waals surface area contributed by atoms with Crippen LogP contribution < -0.4 is 0 Å². The summed E-state index contributed by atoms with van der Waals surface area (Å²) >= 11 is 0. The third-order valence-electron chi connectivity index (χ3n) is 3.31. The second-order valence-corrected chi connectivity index (χ2v) is 4.41. The van der Waals surface area contributed by atoms with Gasteiger partial charge in [-0.15, -0.1) is 0 Å². The zero-order valence-corrected chi connectivity index (χ0v) is 9.76. The minimum atomic E-state index is 1.03. The van der Waals surface area contributed by atoms with Gasteiger partial charge in [-0.3, -0.25) is 4.98 Å². The predicted octanol–water partition coefficient (Wildman–Crippen LogP) is 3.65. The molecule has 0 bridgehead atoms. The maximum Gasteiger partial charge on any atom is 0.0406 e. The van der Waals surface area contributed by atoms with Gasteiger partial charge in [0.05, 0.1) is 0 Å². The molecule has 0 atom stereocenters. The van der Waals surface area contributed by atoms with Crippen molar-refractivity contribution < 1.29 is 0 Å². The van der Waals surface area contributed by atoms with Crippen LogP contribution in [-0.2, 0) is 12.8 Å². The van der Waals surface area contributed by atoms with Gasteiger partial charge in [0.1, 0.15) is 0 Å². The van der Waals surface area contributed by atoms with Crippen LogP contribution in [0.3, 0.4) is 0 Å². The highest BCUT2D eigenvalue weighted by molar-refractivity contribution is 5.73. The number of aryl methyl sites for hydroxylation is 1. The maximum atomic E-state index is 4.37. The standard InChI is InChI=1S/C16H15N/c1-2-7-16-13(5-1)8-9-14(16)10-11-15-6-3-4-12-17-15/h1-7,9,12H,8,10-11H2. The molecule has 84 valence electrons. The lowest BCUT2D eigenvalue weighted by atomic mass is 10.0. The number of benzene rings is 1. The lowest BCUT2D eigenvalue weighted by Gasteiger charge is -2.05. The molecule has 0 spiro atoms. The summed E-state index contributed by atoms with van der Waals surface area (Å²) in [5.41, 5.74) is 5.55. The van der Waals surface area contributed by atoms with Crippen molar-refractivity contribution >= 4 is 5.57 Å². The van der Waals surface area contributed by atoms with Crippen LogP contribution in [0.25, 0.3) is 5.57 Å². The number of hydrogen-bond donors (Lipinski definition) is 0. The van der Waals surface area contributed by atoms with E-state index in [9.17, 15) is 0 Å². The number of nitrogens with zero attached hydrogens (tertiary/aromatic N) is 1. The van der Waals surface area contributed by atoms with Gasteiger partial charge in [-0.05, 0) is 48.1 Å². The molecule has 0 aliphatic heterocycles. The molecule has 1 heteroatoms. The minimum Gasteiger partial charge on any atom is -0.261 e. The quantitative estimate of drug-likeness (QED) is 0.771. The highest BCUT2D eigenvalue weighted by Crippen LogP contribution is 2.30. The monoisotopic (exact) mass is 221 g/mol. The molecular weight excluding hydrogens is 206 g/mol. The van der Waals surface area contributed by atoms with Crippen molar-refractivity contribution in [3.63, 3.8) is 0 Å². The fraction of sp³-hybridized carbons (Fsp3) is 0.188. The molecule has 0 saturated heterocycles. The van der Waals surface area contributed by atoms with Gasteiger partial charge < -0.3 is 0 Å². The molecule has 1 heterocycles. The molecule has 1 aliphatic rings. The minimum absolute atomic E-state index is 1.03. The average molecular weight is 221 g/mol. The first-order valence-electron chi connectivity index (χ1n) is 6.11. The van der Waals surface area contributed by atoms with E-state index in [1.165, 1.54) is 22.4 Å². The molecule has 1 aromatic heterocycles. The molecule has 3 rings (SSSR count). The van der Waals surface area contributed by atoms with Crippen molar-refractivity contribution in [1.29, 1.82) is 0 Å². The normalized spacial score (nSPS) is 13.3. The number of fused-ring (bicyclic) bond motifs is 1. The van der Waals surface area contributed by atoms with E-state index in [-0.39, 0.29) is 0 Å². The van der Waals surface area contributed by atoms with Crippen molar-refractivity contribution in [2.75, 3.05) is 0 Å². The Labute approximate surface area is 102 Å². The first kappa shape index (κ1) is 10.3. The van der Waals surface area contributed by atoms with Crippen LogP contribution in [0.15, 0.2) is 54.7 Å². The van der Waals surface area contributed by atoms with Crippen LogP contribution in [0.4, 0.5) is 0 Å². The molecule has 17 heavy (non-hydrogen) atoms. The molecule has 1 aliphatic carbocycles. The zero-order valence-electron chi connectivity index (χ0n) is 9.76. The van der Waals surface area contributed by atoms with Crippen LogP contribution in [0, 0.1) is 0 Å². The number of rotatable bonds is 3. The van der Waals surface area contributed by atoms with E-state index in [4.69, 9.17) is 0 Å². The number of aromatic nitrogens is 1. The molecular formula is C16H15N. The van der Waals surface area contributed by atoms with Gasteiger partial charge in [0, 0.05) is 11.9 Å². The Balaban J connectivity index is 1.72. The molecule has 0 unspecified atom stereocenters. The highest BCUT2D eigenvalue weighted by Gasteiger charge is 2.12. The third-order valence-corrected chi connectivity index (χ3v) is 3.31. The van der Waals surface area contributed by atoms with Crippen LogP contribution >= 0.6 is 0 Å². The zero-order chi connectivity index (χ0) is 11.5. The second kappa shape index (κ2) is 4.54. The van der Waals surface area contributed by atoms with Crippen molar-refractivity contribution in [3.05, 3.63) is 71.6 Å². The maximum absolute atomic E-state index is 4.37. The van der Waals surface area contributed by atoms with E-state index < -0.39 is 0 Å². The van der Waals surface area contributed by atoms with Crippen LogP contribution in [0.2, 0.25) is 0 Å². The Morgan fingerprint density at radius 2 is 1.82 bits per heavy atom. The number of hydrogen-bond acceptors (Lipinski definition) is 1. The molecule has 1 aromatic carbocycles. The van der Waals surface area contributed by atoms with Crippen LogP contribution in [0.1, 0.15) is 23.2 Å². The molecule has 2 aromatic rings. The summed E-state index contributed by atoms with van der Waals surface area (Å²) in [6.07, 6.45) is 7.43. The second-order valence-electron chi connectivity index (χ2n) is 4.41. The van der Waals surface area contributed by atoms with E-state index in [1.807, 2.05) is 12.3 Å². The van der Waals surface area contributed by atoms with E-state index in [2.05, 4.69) is 47.5 Å². The highest BCUT2D eigenvalue weighted by atomic mass is 14.7. The van der Waals surface area contributed by atoms with Gasteiger partial charge in [0.2, 0.25) is 0 Å². The molecule has 0 N–H and O–H groups in total. The van der Waals surface area contributed by atoms with Gasteiger partial charge in [-0.1, -0.05) is 36.4 Å². The Kier molecular flexibility index (Phi) is 2.74. The lowest BCUT2D eigenvalue weighted by molar-refractivity contribution is 0.956. The summed E-state index contributed by atoms with van der Waals surface area (Å²) in [7, 11) is 0. The van der Waals surface area contributed by atoms with Crippen molar-refractivity contribution in [3.8, 4) is 0 Å². The summed E-state index contributed by atoms with van der Waals surface area (Å²) in [5, 5.41) is 0. The molecule has 0 saturated carbocycles. The lowest BCUT2D eigenvalue weighted by Crippen LogP contribution is -1.91. The van der Waals surface area contributed by atoms with Crippen molar-refractivity contribution in [2.45, 2.75) is 19.3 Å². The Morgan fingerprint density at radius 1 is 0.941 bits per heavy atom. The first-order valence-corrected chi connectivity index (χ1v) is 6.11. The Hall–Kier alpha value is -1.89. The molecule has 1 nitrogen and oxygen atoms in total. The van der Waals surface area contributed by atoms with E-state index in [1.54, 1.807) is 0 Å². The van der Waals surface area contributed by atoms with Crippen molar-refractivity contribution in [2.24, 2.45) is 0 Å². The largest absolute Gasteiger partial charge is 0.261 e. The van der Waals surface area contributed by atoms with Crippen molar-refractivity contribution in [1.82, 2.24) is 4.98 Å². The summed E-state index contributed by atoms with van der Waals surface area (Å²) in [5.74, 6) is 0. The summed E-state index contributed by atoms with van der Waals surface area (Å²) in [6, 6.07) is 14.8. The van der Waals surface area contributed by atoms with E-state index in [0.717, 1.165) is 19.3 Å². The van der Waals surface area contributed by atoms with Gasteiger partial charge in [-0.25, -0.2) is 0 Å². The van der Waals surface area contributed by atoms with Gasteiger partial charge in [0.25, 0.3) is 0 Å². The number of pyridine rings is 1. The summed E-state index contributed by atoms with van der Waals surface area (Å²) in [4.78, 5) is 4.37. The summed E-state index contributed by atoms with van der Waals surface area (Å²) in [6.45, 7) is 0. The molecule has 0 fully saturated rings. The Bertz CT molecular complexity index is 540. The molecule has 0 radical (unpaired) electrons. The first-order chi connectivity index (χ1) is 8.43. The fourth-order valence-corrected chi connectivity index (χ4v) is 2.40. The van der Waals surface area contributed by atoms with E-state index in [0.29, 0.717) is 0 Å². The Morgan fingerprint density at radius 3 is 2.71 bits per heavy atom. The molecule has 0 amide bonds. The van der Waals surface area contributed by atoms with Gasteiger partial charge in [-0.2, -0.15) is 0 Å². The summed E-state index contributed by atoms with van der Waals surface area (Å²) < 4.78 is 0. The topological polar surface area (TPSA) is 12.9 Å². The van der Waals surface area contributed by atoms with Crippen LogP contribution in [0.5, 0.6) is 0 Å². The number of allylic oxidation sites excluding steroid dienone is 2. The average Bonchev–Trinajstić information content (AvgIpc) is 2.81. The SMILES string of the molecule is C1=C(CCc2ccccn2)c2ccccc2C1. The van der Waals surface area contributed by atoms with Crippen LogP contribution in [-0.4, -0.2) is 4.98 Å². The third kappa shape index (κ3) is 2.14.